The zero-order valence-corrected chi connectivity index (χ0v) is 18.9. The Morgan fingerprint density at radius 1 is 1.18 bits per heavy atom. The average molecular weight is 500 g/mol. The fourth-order valence-corrected chi connectivity index (χ4v) is 6.26. The molecule has 0 unspecified atom stereocenters. The quantitative estimate of drug-likeness (QED) is 0.580. The molecule has 0 aromatic carbocycles. The number of thiophene rings is 1. The number of carbonyl (C=O) groups excluding carboxylic acids is 1. The van der Waals surface area contributed by atoms with Crippen molar-refractivity contribution in [3.05, 3.63) is 35.2 Å². The first-order chi connectivity index (χ1) is 15.6. The summed E-state index contributed by atoms with van der Waals surface area (Å²) in [7, 11) is -2.93. The van der Waals surface area contributed by atoms with Gasteiger partial charge in [-0.1, -0.05) is 6.07 Å². The van der Waals surface area contributed by atoms with Crippen molar-refractivity contribution < 1.29 is 26.4 Å². The van der Waals surface area contributed by atoms with Crippen LogP contribution in [0.4, 0.5) is 19.1 Å². The van der Waals surface area contributed by atoms with Crippen LogP contribution in [0.5, 0.6) is 0 Å². The van der Waals surface area contributed by atoms with Crippen molar-refractivity contribution in [2.24, 2.45) is 11.8 Å². The van der Waals surface area contributed by atoms with Crippen molar-refractivity contribution in [2.45, 2.75) is 19.1 Å². The molecule has 0 radical (unpaired) electrons. The first kappa shape index (κ1) is 22.3. The second-order valence-corrected chi connectivity index (χ2v) is 11.8. The number of hydrogen-bond donors (Lipinski definition) is 1. The van der Waals surface area contributed by atoms with Gasteiger partial charge in [0.1, 0.15) is 0 Å². The molecule has 1 aliphatic carbocycles. The fraction of sp³-hybridized carbons (Fsp3) is 0.450. The Hall–Kier alpha value is -2.51. The van der Waals surface area contributed by atoms with Crippen molar-refractivity contribution in [1.82, 2.24) is 19.5 Å². The first-order valence-corrected chi connectivity index (χ1v) is 13.0. The molecule has 1 saturated carbocycles. The number of nitrogens with zero attached hydrogens (tertiary/aromatic N) is 4. The summed E-state index contributed by atoms with van der Waals surface area (Å²) in [6.07, 6.45) is -4.59. The van der Waals surface area contributed by atoms with Crippen molar-refractivity contribution in [3.8, 4) is 10.6 Å². The van der Waals surface area contributed by atoms with Crippen LogP contribution >= 0.6 is 11.3 Å². The van der Waals surface area contributed by atoms with Crippen LogP contribution in [0.2, 0.25) is 0 Å². The van der Waals surface area contributed by atoms with Crippen LogP contribution in [0.3, 0.4) is 0 Å². The topological polar surface area (TPSA) is 96.7 Å². The predicted molar refractivity (Wildman–Crippen MR) is 117 cm³/mol. The molecule has 1 aliphatic heterocycles. The molecule has 3 aromatic rings. The Morgan fingerprint density at radius 3 is 2.64 bits per heavy atom. The molecular weight excluding hydrogens is 479 g/mol. The number of halogens is 3. The molecule has 3 aromatic heterocycles. The van der Waals surface area contributed by atoms with Gasteiger partial charge in [-0.2, -0.15) is 18.2 Å². The van der Waals surface area contributed by atoms with Crippen LogP contribution in [0.25, 0.3) is 16.2 Å². The van der Waals surface area contributed by atoms with Crippen molar-refractivity contribution in [3.63, 3.8) is 0 Å². The summed E-state index contributed by atoms with van der Waals surface area (Å²) in [4.78, 5) is 20.5. The monoisotopic (exact) mass is 499 g/mol. The lowest BCUT2D eigenvalue weighted by Gasteiger charge is -2.25. The third kappa shape index (κ3) is 4.75. The lowest BCUT2D eigenvalue weighted by molar-refractivity contribution is -0.153. The fourth-order valence-electron chi connectivity index (χ4n) is 3.92. The highest BCUT2D eigenvalue weighted by atomic mass is 32.2. The van der Waals surface area contributed by atoms with Gasteiger partial charge in [0.05, 0.1) is 33.9 Å². The van der Waals surface area contributed by atoms with E-state index in [2.05, 4.69) is 20.3 Å². The van der Waals surface area contributed by atoms with E-state index in [1.807, 2.05) is 18.2 Å². The van der Waals surface area contributed by atoms with Crippen LogP contribution in [0, 0.1) is 11.8 Å². The van der Waals surface area contributed by atoms with Crippen molar-refractivity contribution >= 4 is 38.7 Å². The predicted octanol–water partition coefficient (Wildman–Crippen LogP) is 2.83. The maximum absolute atomic E-state index is 12.7. The van der Waals surface area contributed by atoms with Crippen molar-refractivity contribution in [1.29, 1.82) is 0 Å². The lowest BCUT2D eigenvalue weighted by Crippen LogP contribution is -2.39. The molecule has 1 saturated heterocycles. The van der Waals surface area contributed by atoms with Gasteiger partial charge in [0.15, 0.2) is 15.5 Å². The van der Waals surface area contributed by atoms with Crippen LogP contribution < -0.4 is 5.32 Å². The Kier molecular flexibility index (Phi) is 5.45. The SMILES string of the molecule is O=C(Nc1nc2cccc(-c3ccc(CN4CCS(=O)(=O)CC4)s3)n2n1)[C@H]1C[C@H]1C(F)(F)F. The van der Waals surface area contributed by atoms with E-state index in [1.54, 1.807) is 28.0 Å². The number of nitrogens with one attached hydrogen (secondary N) is 1. The van der Waals surface area contributed by atoms with Gasteiger partial charge in [0.25, 0.3) is 0 Å². The second kappa shape index (κ2) is 8.06. The van der Waals surface area contributed by atoms with E-state index in [9.17, 15) is 26.4 Å². The highest BCUT2D eigenvalue weighted by Crippen LogP contribution is 2.50. The molecule has 4 heterocycles. The molecule has 8 nitrogen and oxygen atoms in total. The van der Waals surface area contributed by atoms with Gasteiger partial charge in [0, 0.05) is 24.5 Å². The van der Waals surface area contributed by atoms with Gasteiger partial charge >= 0.3 is 6.18 Å². The number of sulfone groups is 1. The minimum Gasteiger partial charge on any atom is -0.296 e. The number of hydrogen-bond acceptors (Lipinski definition) is 7. The van der Waals surface area contributed by atoms with E-state index in [0.29, 0.717) is 25.3 Å². The Labute approximate surface area is 191 Å². The molecule has 5 rings (SSSR count). The number of aromatic nitrogens is 3. The molecule has 1 N–H and O–H groups in total. The minimum atomic E-state index is -4.37. The molecule has 2 atom stereocenters. The van der Waals surface area contributed by atoms with Gasteiger partial charge in [-0.3, -0.25) is 15.0 Å². The van der Waals surface area contributed by atoms with Crippen LogP contribution in [0.1, 0.15) is 11.3 Å². The molecule has 176 valence electrons. The number of alkyl halides is 3. The van der Waals surface area contributed by atoms with Crippen LogP contribution in [-0.2, 0) is 21.2 Å². The van der Waals surface area contributed by atoms with E-state index in [-0.39, 0.29) is 23.9 Å². The summed E-state index contributed by atoms with van der Waals surface area (Å²) in [6, 6.07) is 9.25. The molecule has 2 aliphatic rings. The summed E-state index contributed by atoms with van der Waals surface area (Å²) in [5.41, 5.74) is 1.19. The number of fused-ring (bicyclic) bond motifs is 1. The lowest BCUT2D eigenvalue weighted by atomic mass is 10.3. The molecule has 1 amide bonds. The number of amides is 1. The Bertz CT molecular complexity index is 1300. The number of pyridine rings is 1. The van der Waals surface area contributed by atoms with Gasteiger partial charge in [-0.25, -0.2) is 12.9 Å². The maximum Gasteiger partial charge on any atom is 0.392 e. The Balaban J connectivity index is 1.31. The summed E-state index contributed by atoms with van der Waals surface area (Å²) in [6.45, 7) is 1.66. The summed E-state index contributed by atoms with van der Waals surface area (Å²) < 4.78 is 63.0. The summed E-state index contributed by atoms with van der Waals surface area (Å²) >= 11 is 1.54. The smallest absolute Gasteiger partial charge is 0.296 e. The third-order valence-electron chi connectivity index (χ3n) is 5.87. The largest absolute Gasteiger partial charge is 0.392 e. The molecule has 33 heavy (non-hydrogen) atoms. The number of rotatable bonds is 5. The van der Waals surface area contributed by atoms with Gasteiger partial charge in [-0.05, 0) is 30.7 Å². The normalized spacial score (nSPS) is 23.0. The van der Waals surface area contributed by atoms with E-state index in [4.69, 9.17) is 0 Å². The number of anilines is 1. The first-order valence-electron chi connectivity index (χ1n) is 10.3. The highest BCUT2D eigenvalue weighted by molar-refractivity contribution is 7.91. The summed E-state index contributed by atoms with van der Waals surface area (Å²) in [5, 5.41) is 6.69. The standard InChI is InChI=1S/C20H20F3N5O3S2/c21-20(22,23)14-10-13(14)18(29)25-19-24-17-3-1-2-15(28(17)26-19)16-5-4-12(32-16)11-27-6-8-33(30,31)9-7-27/h1-5,13-14H,6-11H2,(H,25,26,29)/t13-,14+/m0/s1. The van der Waals surface area contributed by atoms with Crippen molar-refractivity contribution in [2.75, 3.05) is 29.9 Å². The molecule has 13 heteroatoms. The molecule has 0 spiro atoms. The van der Waals surface area contributed by atoms with Gasteiger partial charge in [-0.15, -0.1) is 16.4 Å². The third-order valence-corrected chi connectivity index (χ3v) is 8.57. The second-order valence-electron chi connectivity index (χ2n) is 8.29. The molecule has 0 bridgehead atoms. The van der Waals surface area contributed by atoms with Crippen LogP contribution in [-0.4, -0.2) is 64.6 Å². The van der Waals surface area contributed by atoms with Gasteiger partial charge in [0.2, 0.25) is 11.9 Å². The Morgan fingerprint density at radius 2 is 1.94 bits per heavy atom. The summed E-state index contributed by atoms with van der Waals surface area (Å²) in [5.74, 6) is -3.12. The van der Waals surface area contributed by atoms with E-state index < -0.39 is 33.8 Å². The zero-order valence-electron chi connectivity index (χ0n) is 17.2. The van der Waals surface area contributed by atoms with Gasteiger partial charge < -0.3 is 0 Å². The number of carbonyl (C=O) groups is 1. The average Bonchev–Trinajstić information content (AvgIpc) is 3.28. The minimum absolute atomic E-state index is 0.0356. The van der Waals surface area contributed by atoms with E-state index in [0.717, 1.165) is 15.4 Å². The maximum atomic E-state index is 12.7. The highest BCUT2D eigenvalue weighted by Gasteiger charge is 2.59. The molecular formula is C20H20F3N5O3S2. The molecule has 2 fully saturated rings. The van der Waals surface area contributed by atoms with Crippen LogP contribution in [0.15, 0.2) is 30.3 Å². The van der Waals surface area contributed by atoms with E-state index in [1.165, 1.54) is 0 Å². The van der Waals surface area contributed by atoms with E-state index >= 15 is 0 Å². The zero-order chi connectivity index (χ0) is 23.4.